The first-order chi connectivity index (χ1) is 12.8. The number of rotatable bonds is 4. The molecule has 3 nitrogen and oxygen atoms in total. The van der Waals surface area contributed by atoms with Gasteiger partial charge in [-0.25, -0.2) is 4.39 Å². The van der Waals surface area contributed by atoms with Crippen LogP contribution in [0.25, 0.3) is 11.1 Å². The molecule has 2 aromatic carbocycles. The van der Waals surface area contributed by atoms with E-state index in [1.165, 1.54) is 41.2 Å². The van der Waals surface area contributed by atoms with Gasteiger partial charge in [0.15, 0.2) is 0 Å². The molecule has 0 aliphatic carbocycles. The summed E-state index contributed by atoms with van der Waals surface area (Å²) in [6.07, 6.45) is 1.94. The topological polar surface area (TPSA) is 34.9 Å². The minimum absolute atomic E-state index is 0.00694. The summed E-state index contributed by atoms with van der Waals surface area (Å²) in [4.78, 5) is 12.8. The minimum atomic E-state index is -4.61. The summed E-state index contributed by atoms with van der Waals surface area (Å²) in [7, 11) is 0. The van der Waals surface area contributed by atoms with Gasteiger partial charge in [0.05, 0.1) is 5.56 Å². The Morgan fingerprint density at radius 3 is 2.37 bits per heavy atom. The number of terminal acetylenes is 1. The van der Waals surface area contributed by atoms with Crippen LogP contribution in [-0.4, -0.2) is 15.6 Å². The Morgan fingerprint density at radius 2 is 1.74 bits per heavy atom. The molecule has 0 bridgehead atoms. The number of carbonyl (C=O) groups is 1. The van der Waals surface area contributed by atoms with Crippen LogP contribution in [0, 0.1) is 18.2 Å². The summed E-state index contributed by atoms with van der Waals surface area (Å²) in [6.45, 7) is -0.0160. The van der Waals surface area contributed by atoms with Crippen LogP contribution >= 0.6 is 0 Å². The van der Waals surface area contributed by atoms with Gasteiger partial charge in [0.25, 0.3) is 0 Å². The second kappa shape index (κ2) is 7.08. The molecule has 27 heavy (non-hydrogen) atoms. The van der Waals surface area contributed by atoms with E-state index in [0.29, 0.717) is 0 Å². The third-order valence-corrected chi connectivity index (χ3v) is 3.86. The van der Waals surface area contributed by atoms with E-state index >= 15 is 0 Å². The fraction of sp³-hybridized carbons (Fsp3) is 0.100. The van der Waals surface area contributed by atoms with Crippen molar-refractivity contribution in [3.8, 4) is 23.5 Å². The lowest BCUT2D eigenvalue weighted by Crippen LogP contribution is -2.09. The van der Waals surface area contributed by atoms with Crippen molar-refractivity contribution >= 4 is 5.78 Å². The van der Waals surface area contributed by atoms with Crippen molar-refractivity contribution in [2.24, 2.45) is 0 Å². The normalized spacial score (nSPS) is 11.2. The van der Waals surface area contributed by atoms with Crippen molar-refractivity contribution in [1.82, 2.24) is 9.78 Å². The summed E-state index contributed by atoms with van der Waals surface area (Å²) in [6, 6.07) is 9.58. The molecule has 0 unspecified atom stereocenters. The summed E-state index contributed by atoms with van der Waals surface area (Å²) >= 11 is 0. The number of nitrogens with zero attached hydrogens (tertiary/aromatic N) is 2. The first-order valence-electron chi connectivity index (χ1n) is 7.79. The van der Waals surface area contributed by atoms with E-state index in [0.717, 1.165) is 18.2 Å². The first-order valence-corrected chi connectivity index (χ1v) is 7.79. The zero-order valence-electron chi connectivity index (χ0n) is 13.8. The number of hydrogen-bond donors (Lipinski definition) is 0. The number of carbonyl (C=O) groups excluding carboxylic acids is 1. The average Bonchev–Trinajstić information content (AvgIpc) is 3.05. The molecule has 0 fully saturated rings. The van der Waals surface area contributed by atoms with Crippen LogP contribution in [0.1, 0.15) is 21.6 Å². The maximum absolute atomic E-state index is 13.4. The monoisotopic (exact) mass is 372 g/mol. The predicted molar refractivity (Wildman–Crippen MR) is 91.3 cm³/mol. The highest BCUT2D eigenvalue weighted by Gasteiger charge is 2.35. The molecule has 3 aromatic rings. The van der Waals surface area contributed by atoms with Crippen molar-refractivity contribution in [3.63, 3.8) is 0 Å². The molecule has 1 aromatic heterocycles. The molecule has 0 amide bonds. The van der Waals surface area contributed by atoms with Gasteiger partial charge in [0.2, 0.25) is 5.78 Å². The quantitative estimate of drug-likeness (QED) is 0.382. The maximum atomic E-state index is 13.4. The van der Waals surface area contributed by atoms with Crippen LogP contribution in [0.5, 0.6) is 0 Å². The molecular formula is C20H12F4N2O. The van der Waals surface area contributed by atoms with Crippen LogP contribution in [-0.2, 0) is 12.7 Å². The molecule has 0 N–H and O–H groups in total. The van der Waals surface area contributed by atoms with Gasteiger partial charge in [0, 0.05) is 17.3 Å². The summed E-state index contributed by atoms with van der Waals surface area (Å²) in [5.41, 5.74) is -1.15. The lowest BCUT2D eigenvalue weighted by Gasteiger charge is -2.12. The summed E-state index contributed by atoms with van der Waals surface area (Å²) in [5, 5.41) is 4.06. The van der Waals surface area contributed by atoms with Crippen LogP contribution in [0.15, 0.2) is 54.7 Å². The molecule has 1 heterocycles. The number of ketones is 1. The molecule has 0 saturated heterocycles. The molecule has 0 radical (unpaired) electrons. The average molecular weight is 372 g/mol. The van der Waals surface area contributed by atoms with E-state index in [9.17, 15) is 22.4 Å². The fourth-order valence-corrected chi connectivity index (χ4v) is 2.66. The number of benzene rings is 2. The fourth-order valence-electron chi connectivity index (χ4n) is 2.66. The van der Waals surface area contributed by atoms with E-state index in [4.69, 9.17) is 6.42 Å². The van der Waals surface area contributed by atoms with Crippen molar-refractivity contribution in [3.05, 3.63) is 77.4 Å². The Kier molecular flexibility index (Phi) is 4.82. The van der Waals surface area contributed by atoms with Gasteiger partial charge in [-0.2, -0.15) is 18.3 Å². The van der Waals surface area contributed by atoms with Crippen molar-refractivity contribution < 1.29 is 22.4 Å². The third kappa shape index (κ3) is 3.75. The second-order valence-corrected chi connectivity index (χ2v) is 5.67. The van der Waals surface area contributed by atoms with Gasteiger partial charge >= 0.3 is 6.18 Å². The van der Waals surface area contributed by atoms with Crippen LogP contribution in [0.3, 0.4) is 0 Å². The molecule has 7 heteroatoms. The van der Waals surface area contributed by atoms with E-state index in [-0.39, 0.29) is 28.9 Å². The molecule has 0 spiro atoms. The highest BCUT2D eigenvalue weighted by Crippen LogP contribution is 2.38. The number of aromatic nitrogens is 2. The zero-order valence-corrected chi connectivity index (χ0v) is 13.8. The Hall–Kier alpha value is -3.40. The number of halogens is 4. The predicted octanol–water partition coefficient (Wildman–Crippen LogP) is 4.57. The molecule has 0 aliphatic rings. The number of alkyl halides is 3. The summed E-state index contributed by atoms with van der Waals surface area (Å²) in [5.74, 6) is 1.16. The molecule has 0 saturated carbocycles. The molecular weight excluding hydrogens is 360 g/mol. The van der Waals surface area contributed by atoms with Gasteiger partial charge in [-0.3, -0.25) is 9.48 Å². The largest absolute Gasteiger partial charge is 0.417 e. The van der Waals surface area contributed by atoms with Gasteiger partial charge in [-0.15, -0.1) is 6.42 Å². The first kappa shape index (κ1) is 18.4. The summed E-state index contributed by atoms with van der Waals surface area (Å²) < 4.78 is 54.5. The van der Waals surface area contributed by atoms with Gasteiger partial charge in [-0.05, 0) is 35.9 Å². The van der Waals surface area contributed by atoms with Crippen LogP contribution in [0.4, 0.5) is 17.6 Å². The van der Waals surface area contributed by atoms with Gasteiger partial charge in [0.1, 0.15) is 18.1 Å². The maximum Gasteiger partial charge on any atom is 0.417 e. The Balaban J connectivity index is 2.19. The highest BCUT2D eigenvalue weighted by molar-refractivity contribution is 6.11. The van der Waals surface area contributed by atoms with Crippen molar-refractivity contribution in [2.75, 3.05) is 0 Å². The number of hydrogen-bond acceptors (Lipinski definition) is 2. The SMILES string of the molecule is C#CCn1cc(-c2ccccc2C(F)(F)F)c(C(=O)c2ccc(F)cc2)n1. The van der Waals surface area contributed by atoms with Crippen LogP contribution < -0.4 is 0 Å². The zero-order chi connectivity index (χ0) is 19.6. The minimum Gasteiger partial charge on any atom is -0.287 e. The Bertz CT molecular complexity index is 1030. The molecule has 3 rings (SSSR count). The van der Waals surface area contributed by atoms with Crippen LogP contribution in [0.2, 0.25) is 0 Å². The second-order valence-electron chi connectivity index (χ2n) is 5.67. The third-order valence-electron chi connectivity index (χ3n) is 3.86. The molecule has 0 atom stereocenters. The Labute approximate surface area is 152 Å². The van der Waals surface area contributed by atoms with Gasteiger partial charge < -0.3 is 0 Å². The van der Waals surface area contributed by atoms with Crippen molar-refractivity contribution in [2.45, 2.75) is 12.7 Å². The molecule has 0 aliphatic heterocycles. The van der Waals surface area contributed by atoms with E-state index in [1.807, 2.05) is 0 Å². The molecule has 136 valence electrons. The standard InChI is InChI=1S/C20H12F4N2O/c1-2-11-26-12-16(15-5-3-4-6-17(15)20(22,23)24)18(25-26)19(27)13-7-9-14(21)10-8-13/h1,3-10,12H,11H2. The van der Waals surface area contributed by atoms with E-state index < -0.39 is 23.3 Å². The lowest BCUT2D eigenvalue weighted by atomic mass is 9.96. The van der Waals surface area contributed by atoms with Crippen molar-refractivity contribution in [1.29, 1.82) is 0 Å². The smallest absolute Gasteiger partial charge is 0.287 e. The van der Waals surface area contributed by atoms with Gasteiger partial charge in [-0.1, -0.05) is 24.1 Å². The van der Waals surface area contributed by atoms with E-state index in [2.05, 4.69) is 11.0 Å². The highest BCUT2D eigenvalue weighted by atomic mass is 19.4. The van der Waals surface area contributed by atoms with E-state index in [1.54, 1.807) is 0 Å². The lowest BCUT2D eigenvalue weighted by molar-refractivity contribution is -0.137. The Morgan fingerprint density at radius 1 is 1.07 bits per heavy atom.